The molecule has 0 amide bonds. The Balaban J connectivity index is 1.32. The summed E-state index contributed by atoms with van der Waals surface area (Å²) in [5.41, 5.74) is 7.48. The van der Waals surface area contributed by atoms with Crippen molar-refractivity contribution in [3.8, 4) is 45.5 Å². The minimum Gasteiger partial charge on any atom is -0.309 e. The van der Waals surface area contributed by atoms with Gasteiger partial charge in [0.05, 0.1) is 28.9 Å². The Kier molecular flexibility index (Phi) is 5.35. The van der Waals surface area contributed by atoms with Gasteiger partial charge in [-0.3, -0.25) is 4.57 Å². The summed E-state index contributed by atoms with van der Waals surface area (Å²) in [6.07, 6.45) is 0. The second-order valence-electron chi connectivity index (χ2n) is 12.1. The maximum atomic E-state index is 8.88. The molecule has 3 aromatic heterocycles. The highest BCUT2D eigenvalue weighted by Gasteiger charge is 2.23. The van der Waals surface area contributed by atoms with Gasteiger partial charge in [0.15, 0.2) is 11.6 Å². The third kappa shape index (κ3) is 4.45. The molecule has 7 aromatic carbocycles. The van der Waals surface area contributed by atoms with Gasteiger partial charge in [0.25, 0.3) is 0 Å². The van der Waals surface area contributed by atoms with E-state index in [0.717, 1.165) is 60.4 Å². The molecule has 5 heteroatoms. The molecule has 0 unspecified atom stereocenters. The summed E-state index contributed by atoms with van der Waals surface area (Å²) in [4.78, 5) is 14.9. The van der Waals surface area contributed by atoms with Gasteiger partial charge in [-0.05, 0) is 41.5 Å². The lowest BCUT2D eigenvalue weighted by molar-refractivity contribution is 0.955. The molecule has 234 valence electrons. The Morgan fingerprint density at radius 2 is 0.980 bits per heavy atom. The van der Waals surface area contributed by atoms with Crippen LogP contribution < -0.4 is 0 Å². The van der Waals surface area contributed by atoms with E-state index >= 15 is 0 Å². The van der Waals surface area contributed by atoms with E-state index in [1.807, 2.05) is 108 Å². The molecule has 10 rings (SSSR count). The number of aromatic nitrogens is 5. The van der Waals surface area contributed by atoms with Crippen molar-refractivity contribution in [3.05, 3.63) is 176 Å². The summed E-state index contributed by atoms with van der Waals surface area (Å²) in [7, 11) is 0. The zero-order valence-electron chi connectivity index (χ0n) is 31.6. The van der Waals surface area contributed by atoms with Crippen LogP contribution in [0.5, 0.6) is 0 Å². The van der Waals surface area contributed by atoms with E-state index in [9.17, 15) is 0 Å². The summed E-state index contributed by atoms with van der Waals surface area (Å²) in [6, 6.07) is 46.7. The summed E-state index contributed by atoms with van der Waals surface area (Å²) in [5.74, 6) is 0.541. The highest BCUT2D eigenvalue weighted by Crippen LogP contribution is 2.41. The molecule has 0 saturated heterocycles. The maximum Gasteiger partial charge on any atom is 0.238 e. The van der Waals surface area contributed by atoms with Crippen molar-refractivity contribution in [2.24, 2.45) is 0 Å². The predicted octanol–water partition coefficient (Wildman–Crippen LogP) is 11.1. The minimum absolute atomic E-state index is 0.0195. The van der Waals surface area contributed by atoms with Gasteiger partial charge in [0.2, 0.25) is 5.95 Å². The van der Waals surface area contributed by atoms with Crippen LogP contribution >= 0.6 is 0 Å². The first kappa shape index (κ1) is 23.5. The minimum atomic E-state index is -0.482. The van der Waals surface area contributed by atoms with Crippen molar-refractivity contribution >= 4 is 43.6 Å². The van der Waals surface area contributed by atoms with Gasteiger partial charge in [-0.25, -0.2) is 4.98 Å². The molecule has 10 aromatic rings. The molecule has 0 aliphatic carbocycles. The first-order valence-electron chi connectivity index (χ1n) is 18.9. The third-order valence-corrected chi connectivity index (χ3v) is 9.28. The summed E-state index contributed by atoms with van der Waals surface area (Å²) < 4.78 is 47.2. The van der Waals surface area contributed by atoms with E-state index in [1.165, 1.54) is 0 Å². The van der Waals surface area contributed by atoms with Gasteiger partial charge >= 0.3 is 0 Å². The van der Waals surface area contributed by atoms with Crippen molar-refractivity contribution in [3.63, 3.8) is 0 Å². The number of fused-ring (bicyclic) bond motifs is 7. The fourth-order valence-corrected chi connectivity index (χ4v) is 7.08. The van der Waals surface area contributed by atoms with Crippen LogP contribution in [0.3, 0.4) is 0 Å². The molecule has 5 nitrogen and oxygen atoms in total. The molecule has 0 N–H and O–H groups in total. The number of hydrogen-bond donors (Lipinski definition) is 0. The number of nitrogens with zero attached hydrogens (tertiary/aromatic N) is 5. The van der Waals surface area contributed by atoms with Crippen LogP contribution in [-0.2, 0) is 0 Å². The first-order valence-corrected chi connectivity index (χ1v) is 16.4. The van der Waals surface area contributed by atoms with Gasteiger partial charge < -0.3 is 4.57 Å². The molecule has 50 heavy (non-hydrogen) atoms. The lowest BCUT2D eigenvalue weighted by Gasteiger charge is -2.12. The fourth-order valence-electron chi connectivity index (χ4n) is 7.08. The molecule has 0 bridgehead atoms. The predicted molar refractivity (Wildman–Crippen MR) is 205 cm³/mol. The number of rotatable bonds is 5. The molecule has 0 fully saturated rings. The van der Waals surface area contributed by atoms with Crippen LogP contribution in [0.1, 0.15) is 6.85 Å². The molecular weight excluding hydrogens is 611 g/mol. The summed E-state index contributed by atoms with van der Waals surface area (Å²) in [5, 5.41) is 4.05. The van der Waals surface area contributed by atoms with E-state index in [1.54, 1.807) is 0 Å². The highest BCUT2D eigenvalue weighted by molar-refractivity contribution is 6.26. The van der Waals surface area contributed by atoms with E-state index < -0.39 is 18.1 Å². The molecule has 0 saturated carbocycles. The van der Waals surface area contributed by atoms with Crippen molar-refractivity contribution in [2.75, 3.05) is 0 Å². The van der Waals surface area contributed by atoms with Gasteiger partial charge in [-0.1, -0.05) is 145 Å². The molecule has 0 atom stereocenters. The first-order chi connectivity index (χ1) is 26.9. The van der Waals surface area contributed by atoms with E-state index in [2.05, 4.69) is 47.0 Å². The fraction of sp³-hybridized carbons (Fsp3) is 0. The van der Waals surface area contributed by atoms with Gasteiger partial charge in [0.1, 0.15) is 0 Å². The van der Waals surface area contributed by atoms with Crippen molar-refractivity contribution in [1.82, 2.24) is 24.1 Å². The van der Waals surface area contributed by atoms with Gasteiger partial charge in [-0.15, -0.1) is 0 Å². The lowest BCUT2D eigenvalue weighted by Crippen LogP contribution is -2.06. The summed E-state index contributed by atoms with van der Waals surface area (Å²) >= 11 is 0. The third-order valence-electron chi connectivity index (χ3n) is 9.28. The van der Waals surface area contributed by atoms with Crippen LogP contribution in [-0.4, -0.2) is 24.1 Å². The van der Waals surface area contributed by atoms with Crippen LogP contribution in [0.4, 0.5) is 0 Å². The highest BCUT2D eigenvalue weighted by atomic mass is 15.2. The quantitative estimate of drug-likeness (QED) is 0.187. The molecular formula is C45H29N5. The summed E-state index contributed by atoms with van der Waals surface area (Å²) in [6.45, 7) is 0. The van der Waals surface area contributed by atoms with Crippen LogP contribution in [0.15, 0.2) is 176 Å². The average Bonchev–Trinajstić information content (AvgIpc) is 3.76. The number of para-hydroxylation sites is 3. The number of hydrogen-bond acceptors (Lipinski definition) is 3. The Hall–Kier alpha value is -6.85. The number of benzene rings is 7. The molecule has 0 aliphatic heterocycles. The van der Waals surface area contributed by atoms with E-state index in [0.29, 0.717) is 11.4 Å². The van der Waals surface area contributed by atoms with Crippen molar-refractivity contribution in [2.45, 2.75) is 0 Å². The van der Waals surface area contributed by atoms with Crippen LogP contribution in [0.2, 0.25) is 0 Å². The molecule has 0 radical (unpaired) electrons. The Bertz CT molecular complexity index is 3110. The largest absolute Gasteiger partial charge is 0.309 e. The zero-order chi connectivity index (χ0) is 37.4. The Morgan fingerprint density at radius 3 is 1.72 bits per heavy atom. The van der Waals surface area contributed by atoms with E-state index in [4.69, 9.17) is 21.8 Å². The average molecular weight is 645 g/mol. The molecule has 0 aliphatic rings. The SMILES string of the molecule is [2H]c1c([2H])c([2H])c(-c2nc(-c3ccc(-c4ccccc4)cc3)nc(-n3c4ccccc4c4ccc5c(c6ccccc6n5-c5ccccc5)c43)n2)c([2H])c1[2H]. The smallest absolute Gasteiger partial charge is 0.238 e. The second kappa shape index (κ2) is 11.4. The second-order valence-corrected chi connectivity index (χ2v) is 12.1. The Labute approximate surface area is 295 Å². The standard InChI is InChI=1S/C45H29N5/c1-4-14-30(15-5-1)31-24-26-33(27-25-31)44-46-43(32-16-6-2-7-17-32)47-45(48-44)50-38-22-12-10-20-35(38)36-28-29-40-41(42(36)50)37-21-11-13-23-39(37)49(40)34-18-8-3-9-19-34/h1-29H/i2D,6D,7D,16D,17D. The Morgan fingerprint density at radius 1 is 0.400 bits per heavy atom. The molecule has 3 heterocycles. The monoisotopic (exact) mass is 644 g/mol. The van der Waals surface area contributed by atoms with Crippen LogP contribution in [0, 0.1) is 0 Å². The molecule has 0 spiro atoms. The van der Waals surface area contributed by atoms with E-state index in [-0.39, 0.29) is 29.4 Å². The normalized spacial score (nSPS) is 13.0. The van der Waals surface area contributed by atoms with Crippen molar-refractivity contribution in [1.29, 1.82) is 0 Å². The van der Waals surface area contributed by atoms with Crippen LogP contribution in [0.25, 0.3) is 89.2 Å². The maximum absolute atomic E-state index is 8.88. The zero-order valence-corrected chi connectivity index (χ0v) is 26.6. The van der Waals surface area contributed by atoms with Gasteiger partial charge in [0, 0.05) is 38.4 Å². The lowest BCUT2D eigenvalue weighted by atomic mass is 10.0. The van der Waals surface area contributed by atoms with Gasteiger partial charge in [-0.2, -0.15) is 9.97 Å². The topological polar surface area (TPSA) is 48.5 Å². The van der Waals surface area contributed by atoms with Crippen molar-refractivity contribution < 1.29 is 6.85 Å².